The molecule has 1 atom stereocenters. The van der Waals surface area contributed by atoms with Gasteiger partial charge in [0, 0.05) is 52.9 Å². The first-order valence-corrected chi connectivity index (χ1v) is 11.6. The molecule has 29 heavy (non-hydrogen) atoms. The molecule has 2 fully saturated rings. The zero-order valence-corrected chi connectivity index (χ0v) is 20.8. The molecule has 164 valence electrons. The predicted molar refractivity (Wildman–Crippen MR) is 128 cm³/mol. The van der Waals surface area contributed by atoms with E-state index in [1.807, 2.05) is 19.2 Å². The Labute approximate surface area is 192 Å². The standard InChI is InChI=1S/C20H33N5O2S.HI/c1-17-7-6-10-24(16-17)20(21-2)22-15-18-8-4-5-9-19(18)28(26,27)25-13-11-23(3)12-14-25;/h4-5,8-9,17H,6-7,10-16H2,1-3H3,(H,21,22);1H. The lowest BCUT2D eigenvalue weighted by Crippen LogP contribution is -2.47. The summed E-state index contributed by atoms with van der Waals surface area (Å²) in [6.45, 7) is 7.28. The minimum Gasteiger partial charge on any atom is -0.352 e. The summed E-state index contributed by atoms with van der Waals surface area (Å²) in [6.07, 6.45) is 2.41. The van der Waals surface area contributed by atoms with E-state index in [0.717, 1.165) is 44.1 Å². The average molecular weight is 535 g/mol. The Morgan fingerprint density at radius 1 is 1.17 bits per heavy atom. The summed E-state index contributed by atoms with van der Waals surface area (Å²) in [4.78, 5) is 9.24. The van der Waals surface area contributed by atoms with Crippen molar-refractivity contribution in [2.45, 2.75) is 31.2 Å². The van der Waals surface area contributed by atoms with Gasteiger partial charge in [0.2, 0.25) is 10.0 Å². The molecule has 2 aliphatic rings. The van der Waals surface area contributed by atoms with E-state index >= 15 is 0 Å². The maximum atomic E-state index is 13.2. The van der Waals surface area contributed by atoms with Gasteiger partial charge in [0.05, 0.1) is 4.90 Å². The number of likely N-dealkylation sites (N-methyl/N-ethyl adjacent to an activating group) is 1. The molecule has 1 unspecified atom stereocenters. The molecule has 0 amide bonds. The van der Waals surface area contributed by atoms with Gasteiger partial charge < -0.3 is 15.1 Å². The molecule has 2 aliphatic heterocycles. The molecular weight excluding hydrogens is 501 g/mol. The second-order valence-electron chi connectivity index (χ2n) is 7.91. The third kappa shape index (κ3) is 6.05. The minimum atomic E-state index is -3.49. The quantitative estimate of drug-likeness (QED) is 0.363. The van der Waals surface area contributed by atoms with Gasteiger partial charge in [0.25, 0.3) is 0 Å². The van der Waals surface area contributed by atoms with Gasteiger partial charge in [-0.1, -0.05) is 25.1 Å². The predicted octanol–water partition coefficient (Wildman–Crippen LogP) is 2.05. The van der Waals surface area contributed by atoms with Gasteiger partial charge in [-0.25, -0.2) is 8.42 Å². The third-order valence-corrected chi connectivity index (χ3v) is 7.66. The SMILES string of the molecule is CN=C(NCc1ccccc1S(=O)(=O)N1CCN(C)CC1)N1CCCC(C)C1.I. The first kappa shape index (κ1) is 24.4. The van der Waals surface area contributed by atoms with Crippen molar-refractivity contribution in [3.05, 3.63) is 29.8 Å². The largest absolute Gasteiger partial charge is 0.352 e. The first-order chi connectivity index (χ1) is 13.4. The number of likely N-dealkylation sites (tertiary alicyclic amines) is 1. The van der Waals surface area contributed by atoms with E-state index in [1.54, 1.807) is 23.5 Å². The number of guanidine groups is 1. The Kier molecular flexibility index (Phi) is 9.17. The van der Waals surface area contributed by atoms with Crippen molar-refractivity contribution in [1.29, 1.82) is 0 Å². The van der Waals surface area contributed by atoms with Crippen molar-refractivity contribution in [1.82, 2.24) is 19.4 Å². The van der Waals surface area contributed by atoms with Crippen molar-refractivity contribution >= 4 is 40.0 Å². The molecular formula is C20H34IN5O2S. The summed E-state index contributed by atoms with van der Waals surface area (Å²) in [5.74, 6) is 1.50. The van der Waals surface area contributed by atoms with E-state index in [1.165, 1.54) is 6.42 Å². The van der Waals surface area contributed by atoms with E-state index in [0.29, 0.717) is 30.4 Å². The Morgan fingerprint density at radius 2 is 1.86 bits per heavy atom. The lowest BCUT2D eigenvalue weighted by atomic mass is 10.0. The van der Waals surface area contributed by atoms with Crippen LogP contribution in [-0.4, -0.2) is 81.8 Å². The second kappa shape index (κ2) is 10.9. The molecule has 0 bridgehead atoms. The fourth-order valence-corrected chi connectivity index (χ4v) is 5.60. The summed E-state index contributed by atoms with van der Waals surface area (Å²) in [7, 11) is 0.318. The fourth-order valence-electron chi connectivity index (χ4n) is 3.96. The van der Waals surface area contributed by atoms with E-state index < -0.39 is 10.0 Å². The zero-order valence-electron chi connectivity index (χ0n) is 17.7. The van der Waals surface area contributed by atoms with Crippen LogP contribution in [0.4, 0.5) is 0 Å². The number of rotatable bonds is 4. The van der Waals surface area contributed by atoms with Gasteiger partial charge in [0.15, 0.2) is 5.96 Å². The molecule has 0 aromatic heterocycles. The fraction of sp³-hybridized carbons (Fsp3) is 0.650. The van der Waals surface area contributed by atoms with Crippen molar-refractivity contribution in [3.63, 3.8) is 0 Å². The maximum absolute atomic E-state index is 13.2. The van der Waals surface area contributed by atoms with Gasteiger partial charge in [0.1, 0.15) is 0 Å². The number of nitrogens with one attached hydrogen (secondary N) is 1. The van der Waals surface area contributed by atoms with Crippen molar-refractivity contribution < 1.29 is 8.42 Å². The lowest BCUT2D eigenvalue weighted by molar-refractivity contribution is 0.222. The van der Waals surface area contributed by atoms with Crippen molar-refractivity contribution in [2.24, 2.45) is 10.9 Å². The number of piperazine rings is 1. The Morgan fingerprint density at radius 3 is 2.52 bits per heavy atom. The Balaban J connectivity index is 0.00000300. The normalized spacial score (nSPS) is 22.2. The number of hydrogen-bond donors (Lipinski definition) is 1. The third-order valence-electron chi connectivity index (χ3n) is 5.66. The monoisotopic (exact) mass is 535 g/mol. The molecule has 1 N–H and O–H groups in total. The summed E-state index contributed by atoms with van der Waals surface area (Å²) >= 11 is 0. The number of piperidine rings is 1. The van der Waals surface area contributed by atoms with Crippen LogP contribution in [0.15, 0.2) is 34.2 Å². The van der Waals surface area contributed by atoms with Crippen LogP contribution in [-0.2, 0) is 16.6 Å². The van der Waals surface area contributed by atoms with Gasteiger partial charge in [-0.15, -0.1) is 24.0 Å². The number of sulfonamides is 1. The van der Waals surface area contributed by atoms with Crippen LogP contribution in [0.2, 0.25) is 0 Å². The highest BCUT2D eigenvalue weighted by molar-refractivity contribution is 14.0. The topological polar surface area (TPSA) is 68.2 Å². The molecule has 0 spiro atoms. The summed E-state index contributed by atoms with van der Waals surface area (Å²) in [5, 5.41) is 3.38. The number of halogens is 1. The van der Waals surface area contributed by atoms with E-state index in [2.05, 4.69) is 27.0 Å². The molecule has 3 rings (SSSR count). The van der Waals surface area contributed by atoms with Crippen LogP contribution >= 0.6 is 24.0 Å². The molecule has 0 radical (unpaired) electrons. The van der Waals surface area contributed by atoms with Gasteiger partial charge >= 0.3 is 0 Å². The van der Waals surface area contributed by atoms with E-state index in [9.17, 15) is 8.42 Å². The summed E-state index contributed by atoms with van der Waals surface area (Å²) < 4.78 is 28.0. The van der Waals surface area contributed by atoms with Crippen LogP contribution in [0.5, 0.6) is 0 Å². The van der Waals surface area contributed by atoms with Gasteiger partial charge in [-0.2, -0.15) is 4.31 Å². The Hall–Kier alpha value is -0.910. The van der Waals surface area contributed by atoms with Gasteiger partial charge in [-0.3, -0.25) is 4.99 Å². The minimum absolute atomic E-state index is 0. The maximum Gasteiger partial charge on any atom is 0.243 e. The zero-order chi connectivity index (χ0) is 20.1. The molecule has 9 heteroatoms. The smallest absolute Gasteiger partial charge is 0.243 e. The van der Waals surface area contributed by atoms with Crippen LogP contribution in [0.25, 0.3) is 0 Å². The van der Waals surface area contributed by atoms with Crippen LogP contribution in [0.1, 0.15) is 25.3 Å². The van der Waals surface area contributed by atoms with Crippen LogP contribution < -0.4 is 5.32 Å². The number of hydrogen-bond acceptors (Lipinski definition) is 4. The molecule has 2 heterocycles. The highest BCUT2D eigenvalue weighted by atomic mass is 127. The van der Waals surface area contributed by atoms with E-state index in [4.69, 9.17) is 0 Å². The summed E-state index contributed by atoms with van der Waals surface area (Å²) in [6, 6.07) is 7.30. The molecule has 7 nitrogen and oxygen atoms in total. The molecule has 0 saturated carbocycles. The Bertz CT molecular complexity index is 794. The number of nitrogens with zero attached hydrogens (tertiary/aromatic N) is 4. The van der Waals surface area contributed by atoms with Gasteiger partial charge in [-0.05, 0) is 37.4 Å². The second-order valence-corrected chi connectivity index (χ2v) is 9.82. The molecule has 2 saturated heterocycles. The first-order valence-electron chi connectivity index (χ1n) is 10.1. The average Bonchev–Trinajstić information content (AvgIpc) is 2.69. The molecule has 1 aromatic carbocycles. The van der Waals surface area contributed by atoms with Crippen LogP contribution in [0, 0.1) is 5.92 Å². The van der Waals surface area contributed by atoms with Crippen molar-refractivity contribution in [3.8, 4) is 0 Å². The lowest BCUT2D eigenvalue weighted by Gasteiger charge is -2.34. The van der Waals surface area contributed by atoms with E-state index in [-0.39, 0.29) is 24.0 Å². The molecule has 1 aromatic rings. The molecule has 0 aliphatic carbocycles. The highest BCUT2D eigenvalue weighted by Crippen LogP contribution is 2.22. The summed E-state index contributed by atoms with van der Waals surface area (Å²) in [5.41, 5.74) is 0.785. The van der Waals surface area contributed by atoms with Crippen molar-refractivity contribution in [2.75, 3.05) is 53.4 Å². The number of aliphatic imine (C=N–C) groups is 1. The number of benzene rings is 1. The van der Waals surface area contributed by atoms with Crippen LogP contribution in [0.3, 0.4) is 0 Å². The highest BCUT2D eigenvalue weighted by Gasteiger charge is 2.29.